The highest BCUT2D eigenvalue weighted by molar-refractivity contribution is 7.13. The Labute approximate surface area is 196 Å². The third-order valence-corrected chi connectivity index (χ3v) is 7.15. The Morgan fingerprint density at radius 1 is 1.27 bits per heavy atom. The van der Waals surface area contributed by atoms with Crippen molar-refractivity contribution in [2.24, 2.45) is 5.92 Å². The van der Waals surface area contributed by atoms with E-state index in [4.69, 9.17) is 4.52 Å². The summed E-state index contributed by atoms with van der Waals surface area (Å²) in [5.74, 6) is 1.22. The van der Waals surface area contributed by atoms with Crippen LogP contribution in [0.4, 0.5) is 11.4 Å². The molecule has 0 saturated carbocycles. The monoisotopic (exact) mass is 465 g/mol. The Balaban J connectivity index is 1.21. The van der Waals surface area contributed by atoms with Crippen LogP contribution >= 0.6 is 11.3 Å². The highest BCUT2D eigenvalue weighted by Crippen LogP contribution is 2.29. The first-order chi connectivity index (χ1) is 16.1. The summed E-state index contributed by atoms with van der Waals surface area (Å²) in [6, 6.07) is 9.72. The van der Waals surface area contributed by atoms with E-state index in [1.165, 1.54) is 0 Å². The van der Waals surface area contributed by atoms with Crippen LogP contribution in [-0.2, 0) is 16.1 Å². The Morgan fingerprint density at radius 3 is 2.97 bits per heavy atom. The molecule has 5 rings (SSSR count). The number of carbonyl (C=O) groups excluding carboxylic acids is 2. The summed E-state index contributed by atoms with van der Waals surface area (Å²) in [7, 11) is 0. The van der Waals surface area contributed by atoms with Crippen LogP contribution in [-0.4, -0.2) is 46.5 Å². The minimum Gasteiger partial charge on any atom is -0.338 e. The number of piperidine rings is 1. The first kappa shape index (κ1) is 21.8. The van der Waals surface area contributed by atoms with Crippen molar-refractivity contribution >= 4 is 34.5 Å². The van der Waals surface area contributed by atoms with Crippen molar-refractivity contribution in [1.82, 2.24) is 15.0 Å². The van der Waals surface area contributed by atoms with Crippen molar-refractivity contribution in [2.45, 2.75) is 39.2 Å². The van der Waals surface area contributed by atoms with Crippen molar-refractivity contribution in [3.05, 3.63) is 47.2 Å². The second-order valence-electron chi connectivity index (χ2n) is 8.70. The van der Waals surface area contributed by atoms with Crippen molar-refractivity contribution < 1.29 is 14.1 Å². The average Bonchev–Trinajstić information content (AvgIpc) is 3.57. The van der Waals surface area contributed by atoms with Gasteiger partial charge in [-0.25, -0.2) is 0 Å². The molecule has 0 aliphatic carbocycles. The summed E-state index contributed by atoms with van der Waals surface area (Å²) in [5, 5.41) is 9.13. The number of nitrogens with zero attached hydrogens (tertiary/aromatic N) is 4. The second-order valence-corrected chi connectivity index (χ2v) is 9.65. The number of aromatic nitrogens is 2. The molecule has 1 aromatic carbocycles. The molecular weight excluding hydrogens is 438 g/mol. The van der Waals surface area contributed by atoms with Crippen LogP contribution in [0.5, 0.6) is 0 Å². The van der Waals surface area contributed by atoms with Crippen LogP contribution in [0.15, 0.2) is 40.2 Å². The Kier molecular flexibility index (Phi) is 6.24. The lowest BCUT2D eigenvalue weighted by molar-refractivity contribution is -0.121. The molecule has 2 aliphatic heterocycles. The summed E-state index contributed by atoms with van der Waals surface area (Å²) >= 11 is 1.58. The number of thiophene rings is 1. The molecule has 1 unspecified atom stereocenters. The fourth-order valence-electron chi connectivity index (χ4n) is 4.55. The molecule has 2 fully saturated rings. The van der Waals surface area contributed by atoms with E-state index in [1.807, 2.05) is 47.5 Å². The Bertz CT molecular complexity index is 1140. The number of carbonyl (C=O) groups is 2. The number of likely N-dealkylation sites (tertiary alicyclic amines) is 1. The summed E-state index contributed by atoms with van der Waals surface area (Å²) < 4.78 is 5.44. The van der Waals surface area contributed by atoms with Crippen LogP contribution in [0.1, 0.15) is 37.1 Å². The van der Waals surface area contributed by atoms with Gasteiger partial charge < -0.3 is 14.7 Å². The molecule has 33 heavy (non-hydrogen) atoms. The standard InChI is InChI=1S/C24H27N5O3S/c1-16-8-9-18(13-19(16)29-11-3-7-22(29)30)25-24(31)17-5-2-10-28(14-17)15-21-26-23(27-32-21)20-6-4-12-33-20/h4,6,8-9,12-13,17H,2-3,5,7,10-11,14-15H2,1H3,(H,25,31). The molecule has 2 saturated heterocycles. The molecule has 0 bridgehead atoms. The number of rotatable bonds is 6. The molecule has 0 radical (unpaired) electrons. The molecule has 2 amide bonds. The predicted molar refractivity (Wildman–Crippen MR) is 127 cm³/mol. The fourth-order valence-corrected chi connectivity index (χ4v) is 5.20. The van der Waals surface area contributed by atoms with Crippen LogP contribution in [0.3, 0.4) is 0 Å². The van der Waals surface area contributed by atoms with E-state index < -0.39 is 0 Å². The maximum Gasteiger partial charge on any atom is 0.241 e. The van der Waals surface area contributed by atoms with E-state index in [1.54, 1.807) is 11.3 Å². The summed E-state index contributed by atoms with van der Waals surface area (Å²) in [5.41, 5.74) is 2.65. The van der Waals surface area contributed by atoms with Gasteiger partial charge in [0.15, 0.2) is 0 Å². The molecule has 1 atom stereocenters. The normalized spacial score (nSPS) is 19.2. The molecule has 1 N–H and O–H groups in total. The number of hydrogen-bond acceptors (Lipinski definition) is 7. The first-order valence-electron chi connectivity index (χ1n) is 11.4. The highest BCUT2D eigenvalue weighted by atomic mass is 32.1. The molecule has 4 heterocycles. The third-order valence-electron chi connectivity index (χ3n) is 6.29. The lowest BCUT2D eigenvalue weighted by Gasteiger charge is -2.31. The zero-order valence-electron chi connectivity index (χ0n) is 18.6. The van der Waals surface area contributed by atoms with Gasteiger partial charge >= 0.3 is 0 Å². The summed E-state index contributed by atoms with van der Waals surface area (Å²) in [6.45, 7) is 4.80. The number of aryl methyl sites for hydroxylation is 1. The molecule has 2 aromatic heterocycles. The zero-order valence-corrected chi connectivity index (χ0v) is 19.4. The van der Waals surface area contributed by atoms with Crippen LogP contribution in [0.2, 0.25) is 0 Å². The van der Waals surface area contributed by atoms with E-state index in [0.29, 0.717) is 31.2 Å². The SMILES string of the molecule is Cc1ccc(NC(=O)C2CCCN(Cc3nc(-c4cccs4)no3)C2)cc1N1CCCC1=O. The second kappa shape index (κ2) is 9.44. The Hall–Kier alpha value is -3.04. The molecule has 3 aromatic rings. The van der Waals surface area contributed by atoms with Crippen molar-refractivity contribution in [1.29, 1.82) is 0 Å². The number of benzene rings is 1. The number of nitrogens with one attached hydrogen (secondary N) is 1. The topological polar surface area (TPSA) is 91.6 Å². The van der Waals surface area contributed by atoms with Gasteiger partial charge in [-0.3, -0.25) is 14.5 Å². The largest absolute Gasteiger partial charge is 0.338 e. The van der Waals surface area contributed by atoms with Crippen molar-refractivity contribution in [2.75, 3.05) is 29.9 Å². The van der Waals surface area contributed by atoms with Crippen molar-refractivity contribution in [3.63, 3.8) is 0 Å². The highest BCUT2D eigenvalue weighted by Gasteiger charge is 2.28. The van der Waals surface area contributed by atoms with E-state index >= 15 is 0 Å². The van der Waals surface area contributed by atoms with E-state index in [0.717, 1.165) is 54.2 Å². The lowest BCUT2D eigenvalue weighted by atomic mass is 9.97. The molecule has 9 heteroatoms. The van der Waals surface area contributed by atoms with Gasteiger partial charge in [-0.1, -0.05) is 17.3 Å². The predicted octanol–water partition coefficient (Wildman–Crippen LogP) is 4.08. The summed E-state index contributed by atoms with van der Waals surface area (Å²) in [6.07, 6.45) is 3.24. The number of hydrogen-bond donors (Lipinski definition) is 1. The van der Waals surface area contributed by atoms with Gasteiger partial charge in [-0.2, -0.15) is 4.98 Å². The van der Waals surface area contributed by atoms with Crippen LogP contribution in [0, 0.1) is 12.8 Å². The minimum atomic E-state index is -0.114. The van der Waals surface area contributed by atoms with E-state index in [2.05, 4.69) is 20.4 Å². The van der Waals surface area contributed by atoms with Gasteiger partial charge in [-0.15, -0.1) is 11.3 Å². The third kappa shape index (κ3) is 4.84. The van der Waals surface area contributed by atoms with Crippen LogP contribution < -0.4 is 10.2 Å². The lowest BCUT2D eigenvalue weighted by Crippen LogP contribution is -2.40. The summed E-state index contributed by atoms with van der Waals surface area (Å²) in [4.78, 5) is 34.7. The molecule has 8 nitrogen and oxygen atoms in total. The van der Waals surface area contributed by atoms with Gasteiger partial charge in [0.2, 0.25) is 23.5 Å². The quantitative estimate of drug-likeness (QED) is 0.590. The van der Waals surface area contributed by atoms with Gasteiger partial charge in [0.25, 0.3) is 0 Å². The smallest absolute Gasteiger partial charge is 0.241 e. The van der Waals surface area contributed by atoms with E-state index in [-0.39, 0.29) is 17.7 Å². The molecule has 0 spiro atoms. The van der Waals surface area contributed by atoms with Gasteiger partial charge in [0.1, 0.15) is 0 Å². The molecule has 2 aliphatic rings. The maximum absolute atomic E-state index is 13.0. The van der Waals surface area contributed by atoms with Crippen molar-refractivity contribution in [3.8, 4) is 10.7 Å². The van der Waals surface area contributed by atoms with Gasteiger partial charge in [0.05, 0.1) is 17.3 Å². The van der Waals surface area contributed by atoms with Crippen LogP contribution in [0.25, 0.3) is 10.7 Å². The minimum absolute atomic E-state index is 0.00653. The first-order valence-corrected chi connectivity index (χ1v) is 12.3. The number of anilines is 2. The fraction of sp³-hybridized carbons (Fsp3) is 0.417. The molecular formula is C24H27N5O3S. The zero-order chi connectivity index (χ0) is 22.8. The van der Waals surface area contributed by atoms with E-state index in [9.17, 15) is 9.59 Å². The molecule has 172 valence electrons. The Morgan fingerprint density at radius 2 is 2.18 bits per heavy atom. The average molecular weight is 466 g/mol. The van der Waals surface area contributed by atoms with Gasteiger partial charge in [0, 0.05) is 30.9 Å². The number of amides is 2. The van der Waals surface area contributed by atoms with Gasteiger partial charge in [-0.05, 0) is 61.9 Å². The maximum atomic E-state index is 13.0.